The number of rotatable bonds is 10. The number of carboxylic acid groups (broad SMARTS) is 1. The Bertz CT molecular complexity index is 1430. The molecule has 0 aliphatic rings. The van der Waals surface area contributed by atoms with Gasteiger partial charge < -0.3 is 24.6 Å². The van der Waals surface area contributed by atoms with Crippen molar-refractivity contribution in [3.05, 3.63) is 83.6 Å². The van der Waals surface area contributed by atoms with Gasteiger partial charge in [-0.05, 0) is 86.4 Å². The molecule has 1 aromatic heterocycles. The van der Waals surface area contributed by atoms with E-state index in [1.807, 2.05) is 62.8 Å². The summed E-state index contributed by atoms with van der Waals surface area (Å²) in [6, 6.07) is 22.5. The summed E-state index contributed by atoms with van der Waals surface area (Å²) < 4.78 is 7.67. The first-order chi connectivity index (χ1) is 18.5. The summed E-state index contributed by atoms with van der Waals surface area (Å²) in [4.78, 5) is 14.8. The third kappa shape index (κ3) is 6.52. The number of aromatic carboxylic acids is 1. The van der Waals surface area contributed by atoms with Gasteiger partial charge in [-0.15, -0.1) is 0 Å². The van der Waals surface area contributed by atoms with Crippen LogP contribution in [-0.4, -0.2) is 53.8 Å². The van der Waals surface area contributed by atoms with Crippen LogP contribution in [0.4, 0.5) is 0 Å². The molecule has 4 aromatic rings. The number of hydrogen-bond acceptors (Lipinski definition) is 4. The van der Waals surface area contributed by atoms with Crippen LogP contribution in [-0.2, 0) is 12.0 Å². The average Bonchev–Trinajstić information content (AvgIpc) is 3.20. The van der Waals surface area contributed by atoms with Gasteiger partial charge in [-0.2, -0.15) is 0 Å². The minimum atomic E-state index is -0.950. The molecular formula is C33H41N3O3. The van der Waals surface area contributed by atoms with Crippen molar-refractivity contribution in [3.8, 4) is 22.6 Å². The maximum Gasteiger partial charge on any atom is 0.353 e. The lowest BCUT2D eigenvalue weighted by Crippen LogP contribution is -2.26. The predicted molar refractivity (Wildman–Crippen MR) is 160 cm³/mol. The van der Waals surface area contributed by atoms with Gasteiger partial charge in [-0.25, -0.2) is 4.79 Å². The van der Waals surface area contributed by atoms with Gasteiger partial charge in [-0.3, -0.25) is 0 Å². The molecule has 0 bridgehead atoms. The summed E-state index contributed by atoms with van der Waals surface area (Å²) in [5.41, 5.74) is 6.25. The van der Waals surface area contributed by atoms with Crippen LogP contribution in [0.3, 0.4) is 0 Å². The van der Waals surface area contributed by atoms with Crippen molar-refractivity contribution in [1.29, 1.82) is 0 Å². The van der Waals surface area contributed by atoms with Gasteiger partial charge in [-0.1, -0.05) is 51.1 Å². The number of benzene rings is 3. The topological polar surface area (TPSA) is 66.7 Å². The normalized spacial score (nSPS) is 12.0. The van der Waals surface area contributed by atoms with E-state index in [0.717, 1.165) is 52.1 Å². The maximum absolute atomic E-state index is 12.7. The molecule has 3 aromatic carbocycles. The Kier molecular flexibility index (Phi) is 8.48. The molecule has 0 saturated heterocycles. The highest BCUT2D eigenvalue weighted by Gasteiger charge is 2.24. The molecule has 0 aliphatic heterocycles. The fraction of sp³-hybridized carbons (Fsp3) is 0.364. The third-order valence-corrected chi connectivity index (χ3v) is 6.86. The van der Waals surface area contributed by atoms with Gasteiger partial charge in [0, 0.05) is 36.3 Å². The zero-order valence-electron chi connectivity index (χ0n) is 24.2. The largest absolute Gasteiger partial charge is 0.491 e. The van der Waals surface area contributed by atoms with Crippen LogP contribution < -0.4 is 10.1 Å². The number of aromatic nitrogens is 1. The smallest absolute Gasteiger partial charge is 0.353 e. The highest BCUT2D eigenvalue weighted by molar-refractivity contribution is 6.01. The van der Waals surface area contributed by atoms with Crippen LogP contribution in [0.15, 0.2) is 66.7 Å². The standard InChI is InChI=1S/C33H41N3O3/c1-22(2)39-27-15-13-26(14-16-27)36-30-17-10-24(23-8-11-25(12-9-23)33(3,4)5)20-28(30)29(31(36)32(37)38)21-34-18-19-35(6)7/h8-17,20,22,34H,18-19,21H2,1-7H3,(H,37,38). The van der Waals surface area contributed by atoms with Crippen molar-refractivity contribution in [2.24, 2.45) is 0 Å². The Balaban J connectivity index is 1.84. The highest BCUT2D eigenvalue weighted by Crippen LogP contribution is 2.34. The molecule has 0 saturated carbocycles. The molecule has 2 N–H and O–H groups in total. The lowest BCUT2D eigenvalue weighted by Gasteiger charge is -2.19. The molecule has 0 amide bonds. The van der Waals surface area contributed by atoms with E-state index in [-0.39, 0.29) is 17.2 Å². The minimum Gasteiger partial charge on any atom is -0.491 e. The van der Waals surface area contributed by atoms with Gasteiger partial charge in [0.15, 0.2) is 0 Å². The second kappa shape index (κ2) is 11.6. The highest BCUT2D eigenvalue weighted by atomic mass is 16.5. The molecule has 0 unspecified atom stereocenters. The van der Waals surface area contributed by atoms with Crippen LogP contribution in [0.2, 0.25) is 0 Å². The molecule has 0 fully saturated rings. The average molecular weight is 528 g/mol. The van der Waals surface area contributed by atoms with Gasteiger partial charge in [0.2, 0.25) is 0 Å². The molecular weight excluding hydrogens is 486 g/mol. The number of nitrogens with one attached hydrogen (secondary N) is 1. The summed E-state index contributed by atoms with van der Waals surface area (Å²) in [5, 5.41) is 14.8. The van der Waals surface area contributed by atoms with Crippen LogP contribution in [0.25, 0.3) is 27.7 Å². The van der Waals surface area contributed by atoms with Crippen LogP contribution >= 0.6 is 0 Å². The first kappa shape index (κ1) is 28.4. The van der Waals surface area contributed by atoms with Crippen LogP contribution in [0.1, 0.15) is 56.2 Å². The van der Waals surface area contributed by atoms with Gasteiger partial charge in [0.05, 0.1) is 11.6 Å². The lowest BCUT2D eigenvalue weighted by molar-refractivity contribution is 0.0687. The van der Waals surface area contributed by atoms with Gasteiger partial charge >= 0.3 is 5.97 Å². The number of nitrogens with zero attached hydrogens (tertiary/aromatic N) is 2. The minimum absolute atomic E-state index is 0.0635. The van der Waals surface area contributed by atoms with Crippen molar-refractivity contribution in [3.63, 3.8) is 0 Å². The Hall–Kier alpha value is -3.61. The van der Waals surface area contributed by atoms with Crippen molar-refractivity contribution >= 4 is 16.9 Å². The summed E-state index contributed by atoms with van der Waals surface area (Å²) >= 11 is 0. The molecule has 0 spiro atoms. The second-order valence-corrected chi connectivity index (χ2v) is 11.7. The van der Waals surface area contributed by atoms with Gasteiger partial charge in [0.25, 0.3) is 0 Å². The number of hydrogen-bond donors (Lipinski definition) is 2. The molecule has 4 rings (SSSR count). The Labute approximate surface area is 232 Å². The number of likely N-dealkylation sites (N-methyl/N-ethyl adjacent to an activating group) is 1. The SMILES string of the molecule is CC(C)Oc1ccc(-n2c(C(=O)O)c(CNCCN(C)C)c3cc(-c4ccc(C(C)(C)C)cc4)ccc32)cc1. The summed E-state index contributed by atoms with van der Waals surface area (Å²) in [5.74, 6) is -0.192. The molecule has 206 valence electrons. The molecule has 6 heteroatoms. The number of carbonyl (C=O) groups is 1. The van der Waals surface area contributed by atoms with E-state index in [9.17, 15) is 9.90 Å². The van der Waals surface area contributed by atoms with E-state index in [2.05, 4.69) is 67.4 Å². The molecule has 0 aliphatic carbocycles. The monoisotopic (exact) mass is 527 g/mol. The molecule has 0 radical (unpaired) electrons. The van der Waals surface area contributed by atoms with Crippen molar-refractivity contribution in [2.45, 2.75) is 52.7 Å². The van der Waals surface area contributed by atoms with Crippen LogP contribution in [0.5, 0.6) is 5.75 Å². The third-order valence-electron chi connectivity index (χ3n) is 6.86. The Morgan fingerprint density at radius 1 is 0.974 bits per heavy atom. The fourth-order valence-corrected chi connectivity index (χ4v) is 4.83. The first-order valence-corrected chi connectivity index (χ1v) is 13.6. The summed E-state index contributed by atoms with van der Waals surface area (Å²) in [7, 11) is 4.06. The molecule has 1 heterocycles. The van der Waals surface area contributed by atoms with E-state index in [0.29, 0.717) is 6.54 Å². The zero-order valence-corrected chi connectivity index (χ0v) is 24.2. The zero-order chi connectivity index (χ0) is 28.3. The van der Waals surface area contributed by atoms with E-state index in [1.165, 1.54) is 5.56 Å². The lowest BCUT2D eigenvalue weighted by atomic mass is 9.86. The van der Waals surface area contributed by atoms with Crippen molar-refractivity contribution < 1.29 is 14.6 Å². The Morgan fingerprint density at radius 3 is 2.18 bits per heavy atom. The van der Waals surface area contributed by atoms with Gasteiger partial charge in [0.1, 0.15) is 11.4 Å². The molecule has 39 heavy (non-hydrogen) atoms. The van der Waals surface area contributed by atoms with Crippen molar-refractivity contribution in [1.82, 2.24) is 14.8 Å². The number of ether oxygens (including phenoxy) is 1. The number of carboxylic acids is 1. The number of fused-ring (bicyclic) bond motifs is 1. The summed E-state index contributed by atoms with van der Waals surface area (Å²) in [6.07, 6.45) is 0.0635. The quantitative estimate of drug-likeness (QED) is 0.224. The van der Waals surface area contributed by atoms with E-state index >= 15 is 0 Å². The fourth-order valence-electron chi connectivity index (χ4n) is 4.83. The van der Waals surface area contributed by atoms with E-state index in [1.54, 1.807) is 0 Å². The second-order valence-electron chi connectivity index (χ2n) is 11.7. The first-order valence-electron chi connectivity index (χ1n) is 13.6. The summed E-state index contributed by atoms with van der Waals surface area (Å²) in [6.45, 7) is 12.7. The van der Waals surface area contributed by atoms with Crippen LogP contribution in [0, 0.1) is 0 Å². The molecule has 6 nitrogen and oxygen atoms in total. The van der Waals surface area contributed by atoms with E-state index < -0.39 is 5.97 Å². The van der Waals surface area contributed by atoms with E-state index in [4.69, 9.17) is 4.74 Å². The maximum atomic E-state index is 12.7. The predicted octanol–water partition coefficient (Wildman–Crippen LogP) is 6.73. The Morgan fingerprint density at radius 2 is 1.62 bits per heavy atom. The molecule has 0 atom stereocenters. The van der Waals surface area contributed by atoms with Crippen molar-refractivity contribution in [2.75, 3.05) is 27.2 Å².